The van der Waals surface area contributed by atoms with Crippen molar-refractivity contribution in [3.63, 3.8) is 0 Å². The Bertz CT molecular complexity index is 1050. The number of primary amides is 1. The van der Waals surface area contributed by atoms with Gasteiger partial charge in [0.25, 0.3) is 5.91 Å². The third-order valence-corrected chi connectivity index (χ3v) is 4.44. The number of anilines is 2. The number of aryl methyl sites for hydroxylation is 2. The first-order valence-electron chi connectivity index (χ1n) is 8.27. The zero-order chi connectivity index (χ0) is 19.7. The monoisotopic (exact) mass is 367 g/mol. The molecule has 2 aromatic carbocycles. The Hall–Kier alpha value is -3.48. The van der Waals surface area contributed by atoms with Crippen molar-refractivity contribution in [2.45, 2.75) is 13.8 Å². The fraction of sp³-hybridized carbons (Fsp3) is 0.200. The molecule has 0 aliphatic heterocycles. The Kier molecular flexibility index (Phi) is 4.77. The molecule has 1 amide bonds. The summed E-state index contributed by atoms with van der Waals surface area (Å²) >= 11 is 0. The molecule has 0 unspecified atom stereocenters. The lowest BCUT2D eigenvalue weighted by Gasteiger charge is -2.17. The first-order valence-corrected chi connectivity index (χ1v) is 8.27. The summed E-state index contributed by atoms with van der Waals surface area (Å²) in [4.78, 5) is 16.3. The van der Waals surface area contributed by atoms with Gasteiger partial charge in [-0.3, -0.25) is 9.78 Å². The van der Waals surface area contributed by atoms with Gasteiger partial charge in [0, 0.05) is 23.3 Å². The highest BCUT2D eigenvalue weighted by Gasteiger charge is 2.17. The average Bonchev–Trinajstić information content (AvgIpc) is 2.64. The molecule has 27 heavy (non-hydrogen) atoms. The van der Waals surface area contributed by atoms with Gasteiger partial charge in [-0.15, -0.1) is 0 Å². The Morgan fingerprint density at radius 2 is 1.74 bits per heavy atom. The van der Waals surface area contributed by atoms with Crippen molar-refractivity contribution >= 4 is 28.2 Å². The highest BCUT2D eigenvalue weighted by molar-refractivity contribution is 6.08. The van der Waals surface area contributed by atoms with E-state index >= 15 is 0 Å². The Morgan fingerprint density at radius 3 is 2.37 bits per heavy atom. The molecule has 7 heteroatoms. The molecule has 0 saturated heterocycles. The molecule has 4 N–H and O–H groups in total. The maximum atomic E-state index is 12.0. The van der Waals surface area contributed by atoms with Crippen molar-refractivity contribution in [1.82, 2.24) is 4.98 Å². The Morgan fingerprint density at radius 1 is 1.07 bits per heavy atom. The van der Waals surface area contributed by atoms with Crippen molar-refractivity contribution in [1.29, 1.82) is 0 Å². The van der Waals surface area contributed by atoms with Crippen LogP contribution in [0.2, 0.25) is 0 Å². The lowest BCUT2D eigenvalue weighted by molar-refractivity contribution is 0.100. The summed E-state index contributed by atoms with van der Waals surface area (Å²) in [6.45, 7) is 3.66. The number of nitrogens with zero attached hydrogens (tertiary/aromatic N) is 1. The Balaban J connectivity index is 2.27. The standard InChI is InChI=1S/C20H21N3O4/c1-10-6-16(24)11(2)5-14(10)23-19-12-7-17(26-3)18(27-4)8-15(12)22-9-13(19)20(21)25/h5-9,24H,1-4H3,(H2,21,25)(H,22,23). The largest absolute Gasteiger partial charge is 0.508 e. The van der Waals surface area contributed by atoms with Crippen molar-refractivity contribution in [3.8, 4) is 17.2 Å². The second-order valence-electron chi connectivity index (χ2n) is 6.21. The predicted molar refractivity (Wildman–Crippen MR) is 104 cm³/mol. The second-order valence-corrected chi connectivity index (χ2v) is 6.21. The number of aromatic hydroxyl groups is 1. The minimum atomic E-state index is -0.602. The predicted octanol–water partition coefficient (Wildman–Crippen LogP) is 3.42. The van der Waals surface area contributed by atoms with Crippen molar-refractivity contribution in [2.75, 3.05) is 19.5 Å². The number of nitrogens with one attached hydrogen (secondary N) is 1. The molecule has 7 nitrogen and oxygen atoms in total. The van der Waals surface area contributed by atoms with E-state index in [1.165, 1.54) is 13.3 Å². The van der Waals surface area contributed by atoms with E-state index in [1.807, 2.05) is 13.0 Å². The van der Waals surface area contributed by atoms with Gasteiger partial charge in [0.2, 0.25) is 0 Å². The van der Waals surface area contributed by atoms with E-state index in [9.17, 15) is 9.90 Å². The van der Waals surface area contributed by atoms with Crippen LogP contribution >= 0.6 is 0 Å². The molecule has 1 heterocycles. The van der Waals surface area contributed by atoms with Crippen LogP contribution in [-0.4, -0.2) is 30.2 Å². The lowest BCUT2D eigenvalue weighted by atomic mass is 10.1. The number of benzene rings is 2. The molecule has 0 atom stereocenters. The second kappa shape index (κ2) is 7.03. The molecule has 0 saturated carbocycles. The molecular formula is C20H21N3O4. The van der Waals surface area contributed by atoms with Gasteiger partial charge < -0.3 is 25.6 Å². The van der Waals surface area contributed by atoms with Crippen LogP contribution in [0, 0.1) is 13.8 Å². The molecular weight excluding hydrogens is 346 g/mol. The highest BCUT2D eigenvalue weighted by Crippen LogP contribution is 2.38. The number of phenols is 1. The molecule has 0 bridgehead atoms. The number of hydrogen-bond acceptors (Lipinski definition) is 6. The normalized spacial score (nSPS) is 10.7. The first kappa shape index (κ1) is 18.3. The van der Waals surface area contributed by atoms with Gasteiger partial charge in [-0.1, -0.05) is 0 Å². The zero-order valence-corrected chi connectivity index (χ0v) is 15.6. The van der Waals surface area contributed by atoms with E-state index < -0.39 is 5.91 Å². The minimum absolute atomic E-state index is 0.208. The number of phenolic OH excluding ortho intramolecular Hbond substituents is 1. The van der Waals surface area contributed by atoms with E-state index in [4.69, 9.17) is 15.2 Å². The van der Waals surface area contributed by atoms with Crippen LogP contribution in [0.1, 0.15) is 21.5 Å². The molecule has 140 valence electrons. The van der Waals surface area contributed by atoms with Crippen LogP contribution in [-0.2, 0) is 0 Å². The van der Waals surface area contributed by atoms with Gasteiger partial charge in [0.05, 0.1) is 31.0 Å². The van der Waals surface area contributed by atoms with Crippen LogP contribution < -0.4 is 20.5 Å². The zero-order valence-electron chi connectivity index (χ0n) is 15.6. The highest BCUT2D eigenvalue weighted by atomic mass is 16.5. The fourth-order valence-corrected chi connectivity index (χ4v) is 2.91. The summed E-state index contributed by atoms with van der Waals surface area (Å²) in [7, 11) is 3.08. The van der Waals surface area contributed by atoms with E-state index in [1.54, 1.807) is 32.2 Å². The minimum Gasteiger partial charge on any atom is -0.508 e. The molecule has 0 aliphatic rings. The lowest BCUT2D eigenvalue weighted by Crippen LogP contribution is -2.14. The van der Waals surface area contributed by atoms with Crippen LogP contribution in [0.4, 0.5) is 11.4 Å². The molecule has 3 aromatic rings. The Labute approximate surface area is 156 Å². The topological polar surface area (TPSA) is 107 Å². The quantitative estimate of drug-likeness (QED) is 0.597. The number of carbonyl (C=O) groups excluding carboxylic acids is 1. The van der Waals surface area contributed by atoms with Crippen LogP contribution in [0.3, 0.4) is 0 Å². The summed E-state index contributed by atoms with van der Waals surface area (Å²) in [5.74, 6) is 0.649. The number of amides is 1. The van der Waals surface area contributed by atoms with Gasteiger partial charge in [0.1, 0.15) is 5.75 Å². The number of fused-ring (bicyclic) bond motifs is 1. The SMILES string of the molecule is COc1cc2ncc(C(N)=O)c(Nc3cc(C)c(O)cc3C)c2cc1OC. The number of pyridine rings is 1. The summed E-state index contributed by atoms with van der Waals surface area (Å²) < 4.78 is 10.7. The molecule has 0 spiro atoms. The number of aromatic nitrogens is 1. The molecule has 1 aromatic heterocycles. The molecule has 0 fully saturated rings. The van der Waals surface area contributed by atoms with Gasteiger partial charge in [-0.2, -0.15) is 0 Å². The van der Waals surface area contributed by atoms with E-state index in [0.717, 1.165) is 11.3 Å². The first-order chi connectivity index (χ1) is 12.8. The smallest absolute Gasteiger partial charge is 0.252 e. The van der Waals surface area contributed by atoms with Crippen molar-refractivity contribution in [2.24, 2.45) is 5.73 Å². The van der Waals surface area contributed by atoms with E-state index in [0.29, 0.717) is 33.7 Å². The van der Waals surface area contributed by atoms with Gasteiger partial charge >= 0.3 is 0 Å². The fourth-order valence-electron chi connectivity index (χ4n) is 2.91. The van der Waals surface area contributed by atoms with Gasteiger partial charge in [0.15, 0.2) is 11.5 Å². The molecule has 0 aliphatic carbocycles. The van der Waals surface area contributed by atoms with Gasteiger partial charge in [-0.05, 0) is 43.2 Å². The van der Waals surface area contributed by atoms with Gasteiger partial charge in [-0.25, -0.2) is 0 Å². The third kappa shape index (κ3) is 3.31. The molecule has 3 rings (SSSR count). The maximum absolute atomic E-state index is 12.0. The summed E-state index contributed by atoms with van der Waals surface area (Å²) in [6.07, 6.45) is 1.43. The third-order valence-electron chi connectivity index (χ3n) is 4.44. The van der Waals surface area contributed by atoms with E-state index in [-0.39, 0.29) is 11.3 Å². The average molecular weight is 367 g/mol. The van der Waals surface area contributed by atoms with Crippen LogP contribution in [0.25, 0.3) is 10.9 Å². The number of rotatable bonds is 5. The number of ether oxygens (including phenoxy) is 2. The summed E-state index contributed by atoms with van der Waals surface area (Å²) in [5.41, 5.74) is 9.22. The van der Waals surface area contributed by atoms with Crippen molar-refractivity contribution < 1.29 is 19.4 Å². The number of carbonyl (C=O) groups is 1. The maximum Gasteiger partial charge on any atom is 0.252 e. The number of hydrogen-bond donors (Lipinski definition) is 3. The van der Waals surface area contributed by atoms with Crippen LogP contribution in [0.15, 0.2) is 30.5 Å². The van der Waals surface area contributed by atoms with Crippen molar-refractivity contribution in [3.05, 3.63) is 47.2 Å². The summed E-state index contributed by atoms with van der Waals surface area (Å²) in [5, 5.41) is 13.8. The number of methoxy groups -OCH3 is 2. The van der Waals surface area contributed by atoms with E-state index in [2.05, 4.69) is 10.3 Å². The summed E-state index contributed by atoms with van der Waals surface area (Å²) in [6, 6.07) is 6.95. The molecule has 0 radical (unpaired) electrons. The van der Waals surface area contributed by atoms with Crippen LogP contribution in [0.5, 0.6) is 17.2 Å². The number of nitrogens with two attached hydrogens (primary N) is 1.